The van der Waals surface area contributed by atoms with Crippen LogP contribution in [0.1, 0.15) is 28.8 Å². The Balaban J connectivity index is 0.000000405. The van der Waals surface area contributed by atoms with Gasteiger partial charge in [-0.1, -0.05) is 12.1 Å². The number of rotatable bonds is 3. The van der Waals surface area contributed by atoms with E-state index in [4.69, 9.17) is 14.6 Å². The second kappa shape index (κ2) is 11.0. The van der Waals surface area contributed by atoms with E-state index in [1.54, 1.807) is 12.1 Å². The first-order valence-electron chi connectivity index (χ1n) is 11.8. The number of aliphatic carboxylic acids is 1. The number of aromatic nitrogens is 2. The van der Waals surface area contributed by atoms with Crippen molar-refractivity contribution in [1.82, 2.24) is 15.1 Å². The Morgan fingerprint density at radius 3 is 2.46 bits per heavy atom. The largest absolute Gasteiger partial charge is 0.493 e. The third-order valence-electron chi connectivity index (χ3n) is 6.26. The summed E-state index contributed by atoms with van der Waals surface area (Å²) >= 11 is 0. The van der Waals surface area contributed by atoms with Gasteiger partial charge in [-0.05, 0) is 60.7 Å². The topological polar surface area (TPSA) is 95.5 Å². The minimum atomic E-state index is -5.08. The zero-order valence-corrected chi connectivity index (χ0v) is 19.8. The third kappa shape index (κ3) is 6.46. The average Bonchev–Trinajstić information content (AvgIpc) is 3.15. The Morgan fingerprint density at radius 1 is 1.05 bits per heavy atom. The highest BCUT2D eigenvalue weighted by Gasteiger charge is 2.38. The quantitative estimate of drug-likeness (QED) is 0.502. The number of hydrogen-bond acceptors (Lipinski definition) is 4. The lowest BCUT2D eigenvalue weighted by molar-refractivity contribution is -0.192. The maximum Gasteiger partial charge on any atom is 0.490 e. The molecule has 2 aliphatic heterocycles. The van der Waals surface area contributed by atoms with Crippen LogP contribution in [0.3, 0.4) is 0 Å². The van der Waals surface area contributed by atoms with Crippen molar-refractivity contribution in [3.8, 4) is 17.0 Å². The smallest absolute Gasteiger partial charge is 0.490 e. The van der Waals surface area contributed by atoms with Gasteiger partial charge in [0.15, 0.2) is 0 Å². The number of nitrogens with zero attached hydrogens (tertiary/aromatic N) is 2. The van der Waals surface area contributed by atoms with E-state index in [1.807, 2.05) is 11.0 Å². The SMILES string of the molecule is O=C(Cc1ccc(F)cc1)N1CCc2[nH]nc(-c3ccc4c(c3)CCCO4)c2CC1.O=C(O)C(F)(F)F. The number of alkyl halides is 3. The molecule has 0 atom stereocenters. The molecule has 0 fully saturated rings. The monoisotopic (exact) mass is 519 g/mol. The number of aryl methyl sites for hydroxylation is 1. The number of fused-ring (bicyclic) bond motifs is 2. The highest BCUT2D eigenvalue weighted by atomic mass is 19.4. The lowest BCUT2D eigenvalue weighted by atomic mass is 9.98. The minimum Gasteiger partial charge on any atom is -0.493 e. The molecule has 0 unspecified atom stereocenters. The Bertz CT molecular complexity index is 1270. The second-order valence-corrected chi connectivity index (χ2v) is 8.79. The van der Waals surface area contributed by atoms with Gasteiger partial charge in [0, 0.05) is 36.3 Å². The number of benzene rings is 2. The maximum atomic E-state index is 13.1. The van der Waals surface area contributed by atoms with Crippen molar-refractivity contribution in [1.29, 1.82) is 0 Å². The first-order valence-corrected chi connectivity index (χ1v) is 11.8. The molecule has 196 valence electrons. The molecule has 1 aromatic heterocycles. The van der Waals surface area contributed by atoms with Gasteiger partial charge in [-0.25, -0.2) is 9.18 Å². The fraction of sp³-hybridized carbons (Fsp3) is 0.346. The molecular weight excluding hydrogens is 494 g/mol. The fourth-order valence-corrected chi connectivity index (χ4v) is 4.37. The van der Waals surface area contributed by atoms with Crippen LogP contribution < -0.4 is 4.74 Å². The first kappa shape index (κ1) is 26.2. The van der Waals surface area contributed by atoms with Crippen LogP contribution in [0.4, 0.5) is 17.6 Å². The van der Waals surface area contributed by atoms with Crippen molar-refractivity contribution in [2.45, 2.75) is 38.3 Å². The summed E-state index contributed by atoms with van der Waals surface area (Å²) in [6.45, 7) is 2.10. The van der Waals surface area contributed by atoms with Crippen molar-refractivity contribution in [3.05, 3.63) is 70.7 Å². The van der Waals surface area contributed by atoms with Gasteiger partial charge >= 0.3 is 12.1 Å². The lowest BCUT2D eigenvalue weighted by Gasteiger charge is -2.20. The molecule has 3 aromatic rings. The minimum absolute atomic E-state index is 0.0761. The van der Waals surface area contributed by atoms with E-state index >= 15 is 0 Å². The molecule has 7 nitrogen and oxygen atoms in total. The summed E-state index contributed by atoms with van der Waals surface area (Å²) in [4.78, 5) is 23.6. The predicted molar refractivity (Wildman–Crippen MR) is 126 cm³/mol. The average molecular weight is 519 g/mol. The van der Waals surface area contributed by atoms with Crippen LogP contribution in [0.5, 0.6) is 5.75 Å². The summed E-state index contributed by atoms with van der Waals surface area (Å²) < 4.78 is 50.6. The van der Waals surface area contributed by atoms with Crippen LogP contribution in [0.15, 0.2) is 42.5 Å². The summed E-state index contributed by atoms with van der Waals surface area (Å²) in [6, 6.07) is 12.5. The van der Waals surface area contributed by atoms with Crippen molar-refractivity contribution in [2.24, 2.45) is 0 Å². The number of carboxylic acid groups (broad SMARTS) is 1. The number of ether oxygens (including phenoxy) is 1. The molecule has 0 bridgehead atoms. The van der Waals surface area contributed by atoms with E-state index in [1.165, 1.54) is 23.3 Å². The fourth-order valence-electron chi connectivity index (χ4n) is 4.37. The molecular formula is C26H25F4N3O4. The second-order valence-electron chi connectivity index (χ2n) is 8.79. The highest BCUT2D eigenvalue weighted by molar-refractivity contribution is 5.79. The molecule has 0 radical (unpaired) electrons. The molecule has 0 aliphatic carbocycles. The van der Waals surface area contributed by atoms with Crippen LogP contribution in [0, 0.1) is 5.82 Å². The van der Waals surface area contributed by atoms with Crippen LogP contribution in [-0.2, 0) is 35.3 Å². The molecule has 0 spiro atoms. The number of amides is 1. The van der Waals surface area contributed by atoms with Gasteiger partial charge in [-0.2, -0.15) is 18.3 Å². The number of aromatic amines is 1. The number of halogens is 4. The molecule has 2 aliphatic rings. The highest BCUT2D eigenvalue weighted by Crippen LogP contribution is 2.32. The van der Waals surface area contributed by atoms with Gasteiger partial charge in [0.05, 0.1) is 18.7 Å². The molecule has 0 saturated heterocycles. The summed E-state index contributed by atoms with van der Waals surface area (Å²) in [5, 5.41) is 14.9. The first-order chi connectivity index (χ1) is 17.6. The van der Waals surface area contributed by atoms with Crippen molar-refractivity contribution in [2.75, 3.05) is 19.7 Å². The van der Waals surface area contributed by atoms with E-state index in [0.717, 1.165) is 60.6 Å². The zero-order valence-electron chi connectivity index (χ0n) is 19.8. The molecule has 0 saturated carbocycles. The molecule has 2 aromatic carbocycles. The molecule has 3 heterocycles. The van der Waals surface area contributed by atoms with E-state index in [9.17, 15) is 22.4 Å². The van der Waals surface area contributed by atoms with E-state index in [0.29, 0.717) is 19.5 Å². The number of carbonyl (C=O) groups is 2. The number of carboxylic acids is 1. The summed E-state index contributed by atoms with van der Waals surface area (Å²) in [6.07, 6.45) is -1.19. The van der Waals surface area contributed by atoms with E-state index in [2.05, 4.69) is 22.3 Å². The normalized spacial score (nSPS) is 14.9. The predicted octanol–water partition coefficient (Wildman–Crippen LogP) is 4.34. The Hall–Kier alpha value is -3.89. The van der Waals surface area contributed by atoms with Gasteiger partial charge in [0.1, 0.15) is 11.6 Å². The number of hydrogen-bond donors (Lipinski definition) is 2. The van der Waals surface area contributed by atoms with Crippen LogP contribution >= 0.6 is 0 Å². The van der Waals surface area contributed by atoms with Crippen molar-refractivity contribution < 1.29 is 37.0 Å². The molecule has 5 rings (SSSR count). The Morgan fingerprint density at radius 2 is 1.76 bits per heavy atom. The molecule has 11 heteroatoms. The lowest BCUT2D eigenvalue weighted by Crippen LogP contribution is -2.34. The zero-order chi connectivity index (χ0) is 26.6. The van der Waals surface area contributed by atoms with Crippen molar-refractivity contribution in [3.63, 3.8) is 0 Å². The Kier molecular flexibility index (Phi) is 7.80. The van der Waals surface area contributed by atoms with E-state index in [-0.39, 0.29) is 11.7 Å². The van der Waals surface area contributed by atoms with Gasteiger partial charge in [-0.3, -0.25) is 9.89 Å². The Labute approximate surface area is 210 Å². The number of H-pyrrole nitrogens is 1. The van der Waals surface area contributed by atoms with Crippen molar-refractivity contribution >= 4 is 11.9 Å². The molecule has 2 N–H and O–H groups in total. The molecule has 1 amide bonds. The van der Waals surface area contributed by atoms with Gasteiger partial charge < -0.3 is 14.7 Å². The summed E-state index contributed by atoms with van der Waals surface area (Å²) in [5.41, 5.74) is 6.46. The van der Waals surface area contributed by atoms with Crippen LogP contribution in [0.2, 0.25) is 0 Å². The summed E-state index contributed by atoms with van der Waals surface area (Å²) in [5.74, 6) is -1.99. The van der Waals surface area contributed by atoms with Crippen LogP contribution in [-0.4, -0.2) is 58.0 Å². The van der Waals surface area contributed by atoms with E-state index < -0.39 is 12.1 Å². The maximum absolute atomic E-state index is 13.1. The van der Waals surface area contributed by atoms with Gasteiger partial charge in [-0.15, -0.1) is 0 Å². The number of nitrogens with one attached hydrogen (secondary N) is 1. The van der Waals surface area contributed by atoms with Crippen LogP contribution in [0.25, 0.3) is 11.3 Å². The van der Waals surface area contributed by atoms with Gasteiger partial charge in [0.2, 0.25) is 5.91 Å². The summed E-state index contributed by atoms with van der Waals surface area (Å²) in [7, 11) is 0. The third-order valence-corrected chi connectivity index (χ3v) is 6.26. The number of carbonyl (C=O) groups excluding carboxylic acids is 1. The standard InChI is InChI=1S/C24H24FN3O2.C2HF3O2/c25-19-6-3-16(4-7-19)14-23(29)28-11-9-20-21(10-12-28)26-27-24(20)18-5-8-22-17(15-18)2-1-13-30-22;3-2(4,5)1(6)7/h3-8,15H,1-2,9-14H2,(H,26,27);(H,6,7). The van der Waals surface area contributed by atoms with Gasteiger partial charge in [0.25, 0.3) is 0 Å². The molecule has 37 heavy (non-hydrogen) atoms.